The van der Waals surface area contributed by atoms with Gasteiger partial charge in [0.25, 0.3) is 0 Å². The maximum absolute atomic E-state index is 12.3. The minimum atomic E-state index is 0.347. The summed E-state index contributed by atoms with van der Waals surface area (Å²) in [5.41, 5.74) is 0.538. The van der Waals surface area contributed by atoms with E-state index in [0.717, 1.165) is 45.6 Å². The number of likely N-dealkylation sites (tertiary alicyclic amines) is 1. The summed E-state index contributed by atoms with van der Waals surface area (Å²) in [5, 5.41) is 3.45. The zero-order valence-electron chi connectivity index (χ0n) is 12.5. The first-order valence-electron chi connectivity index (χ1n) is 8.38. The normalized spacial score (nSPS) is 29.8. The molecule has 3 fully saturated rings. The second-order valence-electron chi connectivity index (χ2n) is 6.80. The highest BCUT2D eigenvalue weighted by Gasteiger charge is 2.36. The van der Waals surface area contributed by atoms with Crippen molar-refractivity contribution in [3.05, 3.63) is 0 Å². The molecule has 4 nitrogen and oxygen atoms in total. The Bertz CT molecular complexity index is 323. The highest BCUT2D eigenvalue weighted by atomic mass is 16.5. The highest BCUT2D eigenvalue weighted by Crippen LogP contribution is 2.39. The number of rotatable bonds is 3. The van der Waals surface area contributed by atoms with Crippen LogP contribution in [0.5, 0.6) is 0 Å². The summed E-state index contributed by atoms with van der Waals surface area (Å²) < 4.78 is 5.60. The Kier molecular flexibility index (Phi) is 4.61. The van der Waals surface area contributed by atoms with Crippen molar-refractivity contribution in [3.8, 4) is 0 Å². The van der Waals surface area contributed by atoms with E-state index in [-0.39, 0.29) is 0 Å². The molecule has 3 saturated heterocycles. The first-order chi connectivity index (χ1) is 9.77. The average Bonchev–Trinajstić information content (AvgIpc) is 3.00. The summed E-state index contributed by atoms with van der Waals surface area (Å²) >= 11 is 0. The summed E-state index contributed by atoms with van der Waals surface area (Å²) in [6.45, 7) is 5.16. The van der Waals surface area contributed by atoms with E-state index in [0.29, 0.717) is 23.8 Å². The first-order valence-corrected chi connectivity index (χ1v) is 8.38. The van der Waals surface area contributed by atoms with E-state index in [4.69, 9.17) is 4.74 Å². The molecular weight excluding hydrogens is 252 g/mol. The van der Waals surface area contributed by atoms with Gasteiger partial charge in [0.15, 0.2) is 0 Å². The van der Waals surface area contributed by atoms with Crippen molar-refractivity contribution < 1.29 is 9.53 Å². The summed E-state index contributed by atoms with van der Waals surface area (Å²) in [6, 6.07) is 0. The number of hydrogen-bond acceptors (Lipinski definition) is 3. The molecule has 3 aliphatic heterocycles. The molecule has 0 aromatic carbocycles. The zero-order valence-corrected chi connectivity index (χ0v) is 12.5. The van der Waals surface area contributed by atoms with Gasteiger partial charge in [0.05, 0.1) is 6.10 Å². The summed E-state index contributed by atoms with van der Waals surface area (Å²) in [7, 11) is 0. The van der Waals surface area contributed by atoms with E-state index in [1.807, 2.05) is 0 Å². The summed E-state index contributed by atoms with van der Waals surface area (Å²) in [4.78, 5) is 14.4. The lowest BCUT2D eigenvalue weighted by Crippen LogP contribution is -2.47. The van der Waals surface area contributed by atoms with Crippen LogP contribution in [0.3, 0.4) is 0 Å². The van der Waals surface area contributed by atoms with Crippen molar-refractivity contribution in [3.63, 3.8) is 0 Å². The molecule has 0 aromatic heterocycles. The number of nitrogens with one attached hydrogen (secondary N) is 1. The number of nitrogens with zero attached hydrogens (tertiary/aromatic N) is 1. The maximum Gasteiger partial charge on any atom is 0.222 e. The Balaban J connectivity index is 1.41. The second kappa shape index (κ2) is 6.44. The minimum Gasteiger partial charge on any atom is -0.378 e. The van der Waals surface area contributed by atoms with Crippen LogP contribution < -0.4 is 5.32 Å². The van der Waals surface area contributed by atoms with Crippen LogP contribution >= 0.6 is 0 Å². The third-order valence-corrected chi connectivity index (χ3v) is 5.55. The van der Waals surface area contributed by atoms with Gasteiger partial charge in [-0.15, -0.1) is 0 Å². The van der Waals surface area contributed by atoms with Gasteiger partial charge in [-0.2, -0.15) is 0 Å². The average molecular weight is 280 g/mol. The topological polar surface area (TPSA) is 41.6 Å². The second-order valence-corrected chi connectivity index (χ2v) is 6.80. The van der Waals surface area contributed by atoms with E-state index in [1.54, 1.807) is 0 Å². The van der Waals surface area contributed by atoms with Crippen molar-refractivity contribution in [1.29, 1.82) is 0 Å². The van der Waals surface area contributed by atoms with Crippen molar-refractivity contribution in [2.75, 3.05) is 32.8 Å². The van der Waals surface area contributed by atoms with Crippen LogP contribution in [-0.4, -0.2) is 49.7 Å². The van der Waals surface area contributed by atoms with Gasteiger partial charge in [0, 0.05) is 26.1 Å². The first kappa shape index (κ1) is 14.3. The van der Waals surface area contributed by atoms with Crippen molar-refractivity contribution in [1.82, 2.24) is 10.2 Å². The SMILES string of the molecule is O=C(CCC1CCCO1)N1CCC2(CCNCC2)CC1. The predicted molar refractivity (Wildman–Crippen MR) is 78.6 cm³/mol. The molecule has 1 atom stereocenters. The molecule has 1 unspecified atom stereocenters. The van der Waals surface area contributed by atoms with Gasteiger partial charge >= 0.3 is 0 Å². The Morgan fingerprint density at radius 3 is 2.60 bits per heavy atom. The molecule has 20 heavy (non-hydrogen) atoms. The third kappa shape index (κ3) is 3.34. The lowest BCUT2D eigenvalue weighted by atomic mass is 9.71. The minimum absolute atomic E-state index is 0.347. The van der Waals surface area contributed by atoms with E-state index >= 15 is 0 Å². The molecule has 3 heterocycles. The Labute approximate surface area is 122 Å². The van der Waals surface area contributed by atoms with Crippen LogP contribution in [0.2, 0.25) is 0 Å². The third-order valence-electron chi connectivity index (χ3n) is 5.55. The van der Waals surface area contributed by atoms with Crippen LogP contribution in [0.1, 0.15) is 51.4 Å². The smallest absolute Gasteiger partial charge is 0.222 e. The lowest BCUT2D eigenvalue weighted by Gasteiger charge is -2.44. The standard InChI is InChI=1S/C16H28N2O2/c19-15(4-3-14-2-1-13-20-14)18-11-7-16(8-12-18)5-9-17-10-6-16/h14,17H,1-13H2. The largest absolute Gasteiger partial charge is 0.378 e. The van der Waals surface area contributed by atoms with E-state index in [9.17, 15) is 4.79 Å². The number of carbonyl (C=O) groups excluding carboxylic acids is 1. The summed E-state index contributed by atoms with van der Waals surface area (Å²) in [5.74, 6) is 0.351. The molecule has 3 rings (SSSR count). The molecule has 0 bridgehead atoms. The van der Waals surface area contributed by atoms with Gasteiger partial charge < -0.3 is 15.0 Å². The molecule has 3 aliphatic rings. The molecular formula is C16H28N2O2. The van der Waals surface area contributed by atoms with Gasteiger partial charge in [-0.05, 0) is 63.5 Å². The van der Waals surface area contributed by atoms with Crippen LogP contribution in [0.25, 0.3) is 0 Å². The molecule has 1 spiro atoms. The fraction of sp³-hybridized carbons (Fsp3) is 0.938. The predicted octanol–water partition coefficient (Wildman–Crippen LogP) is 1.94. The number of carbonyl (C=O) groups is 1. The number of amides is 1. The quantitative estimate of drug-likeness (QED) is 0.859. The van der Waals surface area contributed by atoms with Crippen molar-refractivity contribution in [2.45, 2.75) is 57.5 Å². The number of hydrogen-bond donors (Lipinski definition) is 1. The fourth-order valence-electron chi connectivity index (χ4n) is 4.00. The molecule has 114 valence electrons. The number of ether oxygens (including phenoxy) is 1. The molecule has 1 amide bonds. The van der Waals surface area contributed by atoms with Gasteiger partial charge in [-0.25, -0.2) is 0 Å². The van der Waals surface area contributed by atoms with Gasteiger partial charge in [-0.1, -0.05) is 0 Å². The maximum atomic E-state index is 12.3. The van der Waals surface area contributed by atoms with Crippen molar-refractivity contribution >= 4 is 5.91 Å². The van der Waals surface area contributed by atoms with Crippen LogP contribution in [-0.2, 0) is 9.53 Å². The lowest BCUT2D eigenvalue weighted by molar-refractivity contribution is -0.134. The zero-order chi connectivity index (χ0) is 13.8. The molecule has 0 aliphatic carbocycles. The van der Waals surface area contributed by atoms with Crippen LogP contribution in [0.15, 0.2) is 0 Å². The molecule has 1 N–H and O–H groups in total. The van der Waals surface area contributed by atoms with E-state index in [2.05, 4.69) is 10.2 Å². The molecule has 4 heteroatoms. The van der Waals surface area contributed by atoms with E-state index < -0.39 is 0 Å². The van der Waals surface area contributed by atoms with Gasteiger partial charge in [0.2, 0.25) is 5.91 Å². The molecule has 0 radical (unpaired) electrons. The fourth-order valence-corrected chi connectivity index (χ4v) is 4.00. The van der Waals surface area contributed by atoms with Gasteiger partial charge in [-0.3, -0.25) is 4.79 Å². The Hall–Kier alpha value is -0.610. The molecule has 0 saturated carbocycles. The summed E-state index contributed by atoms with van der Waals surface area (Å²) in [6.07, 6.45) is 9.27. The van der Waals surface area contributed by atoms with Crippen LogP contribution in [0.4, 0.5) is 0 Å². The van der Waals surface area contributed by atoms with Gasteiger partial charge in [0.1, 0.15) is 0 Å². The van der Waals surface area contributed by atoms with E-state index in [1.165, 1.54) is 32.1 Å². The Morgan fingerprint density at radius 2 is 1.95 bits per heavy atom. The highest BCUT2D eigenvalue weighted by molar-refractivity contribution is 5.76. The molecule has 0 aromatic rings. The number of piperidine rings is 2. The van der Waals surface area contributed by atoms with Crippen LogP contribution in [0, 0.1) is 5.41 Å². The van der Waals surface area contributed by atoms with Crippen molar-refractivity contribution in [2.24, 2.45) is 5.41 Å². The Morgan fingerprint density at radius 1 is 1.20 bits per heavy atom. The monoisotopic (exact) mass is 280 g/mol.